The minimum absolute atomic E-state index is 0.210. The van der Waals surface area contributed by atoms with Crippen LogP contribution in [0.1, 0.15) is 29.8 Å². The van der Waals surface area contributed by atoms with Crippen LogP contribution in [0.15, 0.2) is 54.7 Å². The van der Waals surface area contributed by atoms with Gasteiger partial charge in [0.15, 0.2) is 0 Å². The van der Waals surface area contributed by atoms with E-state index in [1.165, 1.54) is 6.92 Å². The molecule has 0 spiro atoms. The smallest absolute Gasteiger partial charge is 0.328 e. The second kappa shape index (κ2) is 9.05. The third-order valence-electron chi connectivity index (χ3n) is 4.46. The Hall–Kier alpha value is -3.61. The molecule has 0 radical (unpaired) electrons. The van der Waals surface area contributed by atoms with Crippen LogP contribution in [-0.4, -0.2) is 35.4 Å². The summed E-state index contributed by atoms with van der Waals surface area (Å²) in [5.74, 6) is -1.26. The zero-order chi connectivity index (χ0) is 20.8. The predicted octanol–water partition coefficient (Wildman–Crippen LogP) is 3.03. The maximum Gasteiger partial charge on any atom is 0.328 e. The van der Waals surface area contributed by atoms with Crippen LogP contribution >= 0.6 is 0 Å². The first-order chi connectivity index (χ1) is 14.0. The van der Waals surface area contributed by atoms with Gasteiger partial charge in [-0.15, -0.1) is 0 Å². The molecule has 7 heteroatoms. The molecule has 150 valence electrons. The van der Waals surface area contributed by atoms with Gasteiger partial charge in [-0.1, -0.05) is 30.3 Å². The summed E-state index contributed by atoms with van der Waals surface area (Å²) < 4.78 is 5.16. The number of amides is 2. The highest BCUT2D eigenvalue weighted by atomic mass is 16.5. The van der Waals surface area contributed by atoms with E-state index in [0.717, 1.165) is 16.5 Å². The average Bonchev–Trinajstić information content (AvgIpc) is 3.10. The predicted molar refractivity (Wildman–Crippen MR) is 111 cm³/mol. The molecule has 0 aliphatic carbocycles. The highest BCUT2D eigenvalue weighted by molar-refractivity contribution is 6.04. The highest BCUT2D eigenvalue weighted by Crippen LogP contribution is 2.20. The summed E-state index contributed by atoms with van der Waals surface area (Å²) in [7, 11) is 0. The third kappa shape index (κ3) is 4.82. The number of carbonyl (C=O) groups excluding carboxylic acids is 3. The summed E-state index contributed by atoms with van der Waals surface area (Å²) in [6, 6.07) is 13.5. The largest absolute Gasteiger partial charge is 0.464 e. The van der Waals surface area contributed by atoms with Crippen molar-refractivity contribution in [2.75, 3.05) is 11.9 Å². The lowest BCUT2D eigenvalue weighted by Crippen LogP contribution is -2.43. The fourth-order valence-corrected chi connectivity index (χ4v) is 3.17. The highest BCUT2D eigenvalue weighted by Gasteiger charge is 2.25. The molecule has 29 heavy (non-hydrogen) atoms. The van der Waals surface area contributed by atoms with E-state index < -0.39 is 17.9 Å². The van der Waals surface area contributed by atoms with E-state index in [0.29, 0.717) is 5.69 Å². The van der Waals surface area contributed by atoms with Crippen LogP contribution in [0.4, 0.5) is 5.69 Å². The van der Waals surface area contributed by atoms with Crippen molar-refractivity contribution < 1.29 is 19.1 Å². The second-order valence-corrected chi connectivity index (χ2v) is 6.57. The van der Waals surface area contributed by atoms with Gasteiger partial charge in [-0.3, -0.25) is 9.59 Å². The van der Waals surface area contributed by atoms with E-state index in [9.17, 15) is 14.4 Å². The lowest BCUT2D eigenvalue weighted by Gasteiger charge is -2.18. The van der Waals surface area contributed by atoms with Gasteiger partial charge in [-0.25, -0.2) is 4.79 Å². The quantitative estimate of drug-likeness (QED) is 0.537. The van der Waals surface area contributed by atoms with Crippen molar-refractivity contribution in [3.8, 4) is 0 Å². The number of H-pyrrole nitrogens is 1. The van der Waals surface area contributed by atoms with Crippen molar-refractivity contribution in [2.24, 2.45) is 0 Å². The van der Waals surface area contributed by atoms with Crippen LogP contribution < -0.4 is 10.6 Å². The van der Waals surface area contributed by atoms with E-state index >= 15 is 0 Å². The number of nitrogens with one attached hydrogen (secondary N) is 3. The normalized spacial score (nSPS) is 11.7. The Morgan fingerprint density at radius 2 is 1.79 bits per heavy atom. The molecule has 7 nitrogen and oxygen atoms in total. The van der Waals surface area contributed by atoms with Crippen molar-refractivity contribution in [2.45, 2.75) is 26.3 Å². The van der Waals surface area contributed by atoms with Crippen LogP contribution in [0.2, 0.25) is 0 Å². The van der Waals surface area contributed by atoms with Gasteiger partial charge < -0.3 is 20.4 Å². The number of aromatic nitrogens is 1. The SMILES string of the molecule is CCOC(=O)[C@H](Cc1c[nH]c2ccccc12)NC(=O)c1ccccc1NC(C)=O. The molecule has 0 aliphatic rings. The van der Waals surface area contributed by atoms with Gasteiger partial charge in [0.05, 0.1) is 17.9 Å². The molecule has 0 aliphatic heterocycles. The minimum Gasteiger partial charge on any atom is -0.464 e. The summed E-state index contributed by atoms with van der Waals surface area (Å²) in [5, 5.41) is 6.37. The Balaban J connectivity index is 1.85. The minimum atomic E-state index is -0.868. The Bertz CT molecular complexity index is 1040. The van der Waals surface area contributed by atoms with Crippen LogP contribution in [0.25, 0.3) is 10.9 Å². The lowest BCUT2D eigenvalue weighted by atomic mass is 10.0. The molecular formula is C22H23N3O4. The first-order valence-corrected chi connectivity index (χ1v) is 9.38. The summed E-state index contributed by atoms with van der Waals surface area (Å²) in [5.41, 5.74) is 2.50. The molecule has 0 saturated heterocycles. The lowest BCUT2D eigenvalue weighted by molar-refractivity contribution is -0.145. The standard InChI is InChI=1S/C22H23N3O4/c1-3-29-22(28)20(12-15-13-23-18-10-6-4-8-16(15)18)25-21(27)17-9-5-7-11-19(17)24-14(2)26/h4-11,13,20,23H,3,12H2,1-2H3,(H,24,26)(H,25,27)/t20-/m0/s1. The van der Waals surface area contributed by atoms with Crippen LogP contribution in [0.5, 0.6) is 0 Å². The first kappa shape index (κ1) is 20.1. The number of fused-ring (bicyclic) bond motifs is 1. The monoisotopic (exact) mass is 393 g/mol. The number of hydrogen-bond donors (Lipinski definition) is 3. The zero-order valence-electron chi connectivity index (χ0n) is 16.3. The Kier molecular flexibility index (Phi) is 6.29. The first-order valence-electron chi connectivity index (χ1n) is 9.38. The number of carbonyl (C=O) groups is 3. The molecule has 1 aromatic heterocycles. The number of aromatic amines is 1. The molecular weight excluding hydrogens is 370 g/mol. The molecule has 3 rings (SSSR count). The van der Waals surface area contributed by atoms with E-state index in [4.69, 9.17) is 4.74 Å². The topological polar surface area (TPSA) is 100 Å². The number of rotatable bonds is 7. The molecule has 3 aromatic rings. The second-order valence-electron chi connectivity index (χ2n) is 6.57. The van der Waals surface area contributed by atoms with Crippen LogP contribution in [0, 0.1) is 0 Å². The van der Waals surface area contributed by atoms with E-state index in [1.807, 2.05) is 30.5 Å². The van der Waals surface area contributed by atoms with Crippen molar-refractivity contribution in [3.63, 3.8) is 0 Å². The van der Waals surface area contributed by atoms with E-state index in [-0.39, 0.29) is 24.5 Å². The molecule has 0 unspecified atom stereocenters. The van der Waals surface area contributed by atoms with Gasteiger partial charge in [0, 0.05) is 30.4 Å². The van der Waals surface area contributed by atoms with Crippen molar-refractivity contribution in [1.29, 1.82) is 0 Å². The summed E-state index contributed by atoms with van der Waals surface area (Å²) >= 11 is 0. The van der Waals surface area contributed by atoms with Crippen molar-refractivity contribution in [1.82, 2.24) is 10.3 Å². The third-order valence-corrected chi connectivity index (χ3v) is 4.46. The molecule has 0 fully saturated rings. The average molecular weight is 393 g/mol. The van der Waals surface area contributed by atoms with Crippen molar-refractivity contribution in [3.05, 3.63) is 65.9 Å². The van der Waals surface area contributed by atoms with Gasteiger partial charge in [-0.05, 0) is 30.7 Å². The fourth-order valence-electron chi connectivity index (χ4n) is 3.17. The van der Waals surface area contributed by atoms with E-state index in [1.54, 1.807) is 31.2 Å². The molecule has 2 aromatic carbocycles. The molecule has 1 heterocycles. The van der Waals surface area contributed by atoms with Crippen molar-refractivity contribution >= 4 is 34.4 Å². The molecule has 0 saturated carbocycles. The molecule has 3 N–H and O–H groups in total. The zero-order valence-corrected chi connectivity index (χ0v) is 16.3. The fraction of sp³-hybridized carbons (Fsp3) is 0.227. The van der Waals surface area contributed by atoms with Gasteiger partial charge >= 0.3 is 5.97 Å². The Morgan fingerprint density at radius 3 is 2.55 bits per heavy atom. The number of hydrogen-bond acceptors (Lipinski definition) is 4. The van der Waals surface area contributed by atoms with Crippen LogP contribution in [-0.2, 0) is 20.7 Å². The summed E-state index contributed by atoms with van der Waals surface area (Å²) in [6.45, 7) is 3.29. The summed E-state index contributed by atoms with van der Waals surface area (Å²) in [6.07, 6.45) is 2.10. The number of anilines is 1. The molecule has 2 amide bonds. The van der Waals surface area contributed by atoms with Crippen LogP contribution in [0.3, 0.4) is 0 Å². The Labute approximate surface area is 168 Å². The number of ether oxygens (including phenoxy) is 1. The maximum absolute atomic E-state index is 12.9. The maximum atomic E-state index is 12.9. The number of esters is 1. The number of para-hydroxylation sites is 2. The van der Waals surface area contributed by atoms with E-state index in [2.05, 4.69) is 15.6 Å². The van der Waals surface area contributed by atoms with Gasteiger partial charge in [0.2, 0.25) is 5.91 Å². The van der Waals surface area contributed by atoms with Gasteiger partial charge in [0.25, 0.3) is 5.91 Å². The number of benzene rings is 2. The Morgan fingerprint density at radius 1 is 1.07 bits per heavy atom. The molecule has 0 bridgehead atoms. The van der Waals surface area contributed by atoms with Gasteiger partial charge in [-0.2, -0.15) is 0 Å². The molecule has 1 atom stereocenters. The summed E-state index contributed by atoms with van der Waals surface area (Å²) in [4.78, 5) is 40.0. The van der Waals surface area contributed by atoms with Gasteiger partial charge in [0.1, 0.15) is 6.04 Å².